The molecule has 1 aromatic carbocycles. The lowest BCUT2D eigenvalue weighted by Gasteiger charge is -2.04. The van der Waals surface area contributed by atoms with Crippen LogP contribution in [-0.4, -0.2) is 16.6 Å². The third-order valence-corrected chi connectivity index (χ3v) is 4.04. The number of nitrogens with zero attached hydrogens (tertiary/aromatic N) is 1. The molecule has 0 aliphatic heterocycles. The summed E-state index contributed by atoms with van der Waals surface area (Å²) in [5.41, 5.74) is 1.11. The van der Waals surface area contributed by atoms with Crippen molar-refractivity contribution in [1.82, 2.24) is 0 Å². The molecule has 124 valence electrons. The molecule has 0 atom stereocenters. The Kier molecular flexibility index (Phi) is 10.3. The molecular weight excluding hydrogens is 278 g/mol. The van der Waals surface area contributed by atoms with Crippen LogP contribution in [0, 0.1) is 10.1 Å². The Hall–Kier alpha value is -1.42. The van der Waals surface area contributed by atoms with Crippen molar-refractivity contribution in [3.8, 4) is 0 Å². The van der Waals surface area contributed by atoms with Gasteiger partial charge in [-0.15, -0.1) is 0 Å². The highest BCUT2D eigenvalue weighted by Gasteiger charge is 2.11. The van der Waals surface area contributed by atoms with Crippen LogP contribution in [0.4, 0.5) is 5.69 Å². The molecule has 0 spiro atoms. The van der Waals surface area contributed by atoms with E-state index in [0.717, 1.165) is 37.7 Å². The molecular formula is C18H29NO3. The Morgan fingerprint density at radius 2 is 1.32 bits per heavy atom. The summed E-state index contributed by atoms with van der Waals surface area (Å²) < 4.78 is 0. The summed E-state index contributed by atoms with van der Waals surface area (Å²) in [5.74, 6) is 0. The highest BCUT2D eigenvalue weighted by molar-refractivity contribution is 5.39. The zero-order valence-corrected chi connectivity index (χ0v) is 13.5. The van der Waals surface area contributed by atoms with E-state index in [1.165, 1.54) is 38.5 Å². The molecule has 1 rings (SSSR count). The van der Waals surface area contributed by atoms with E-state index in [0.29, 0.717) is 6.61 Å². The van der Waals surface area contributed by atoms with E-state index in [-0.39, 0.29) is 10.6 Å². The van der Waals surface area contributed by atoms with Gasteiger partial charge in [0, 0.05) is 18.2 Å². The fraction of sp³-hybridized carbons (Fsp3) is 0.667. The number of unbranched alkanes of at least 4 members (excludes halogenated alkanes) is 9. The van der Waals surface area contributed by atoms with Crippen LogP contribution >= 0.6 is 0 Å². The minimum Gasteiger partial charge on any atom is -0.396 e. The topological polar surface area (TPSA) is 63.4 Å². The van der Waals surface area contributed by atoms with E-state index < -0.39 is 0 Å². The smallest absolute Gasteiger partial charge is 0.272 e. The number of rotatable bonds is 13. The lowest BCUT2D eigenvalue weighted by Crippen LogP contribution is -1.95. The minimum atomic E-state index is -0.286. The second-order valence-corrected chi connectivity index (χ2v) is 5.89. The van der Waals surface area contributed by atoms with Gasteiger partial charge in [-0.25, -0.2) is 0 Å². The monoisotopic (exact) mass is 307 g/mol. The molecule has 4 heteroatoms. The van der Waals surface area contributed by atoms with Gasteiger partial charge in [-0.05, 0) is 19.3 Å². The number of aliphatic hydroxyl groups excluding tert-OH is 1. The van der Waals surface area contributed by atoms with Crippen molar-refractivity contribution in [2.45, 2.75) is 70.6 Å². The normalized spacial score (nSPS) is 10.8. The second-order valence-electron chi connectivity index (χ2n) is 5.89. The Morgan fingerprint density at radius 3 is 1.86 bits per heavy atom. The van der Waals surface area contributed by atoms with E-state index in [1.807, 2.05) is 12.1 Å². The van der Waals surface area contributed by atoms with Crippen LogP contribution in [0.15, 0.2) is 24.3 Å². The number of hydrogen-bond acceptors (Lipinski definition) is 3. The summed E-state index contributed by atoms with van der Waals surface area (Å²) in [4.78, 5) is 10.6. The molecule has 4 nitrogen and oxygen atoms in total. The number of hydrogen-bond donors (Lipinski definition) is 1. The van der Waals surface area contributed by atoms with Crippen LogP contribution in [0.25, 0.3) is 0 Å². The maximum absolute atomic E-state index is 10.9. The van der Waals surface area contributed by atoms with Crippen LogP contribution in [0.2, 0.25) is 0 Å². The number of nitro benzene ring substituents is 1. The van der Waals surface area contributed by atoms with Gasteiger partial charge in [-0.3, -0.25) is 10.1 Å². The lowest BCUT2D eigenvalue weighted by molar-refractivity contribution is -0.385. The molecule has 0 aliphatic rings. The van der Waals surface area contributed by atoms with Gasteiger partial charge in [0.25, 0.3) is 5.69 Å². The molecule has 0 fully saturated rings. The lowest BCUT2D eigenvalue weighted by atomic mass is 10.0. The second kappa shape index (κ2) is 12.2. The Labute approximate surface area is 133 Å². The van der Waals surface area contributed by atoms with Crippen molar-refractivity contribution in [2.24, 2.45) is 0 Å². The van der Waals surface area contributed by atoms with Crippen molar-refractivity contribution < 1.29 is 10.0 Å². The summed E-state index contributed by atoms with van der Waals surface area (Å²) in [6.45, 7) is 0.319. The van der Waals surface area contributed by atoms with Gasteiger partial charge in [-0.1, -0.05) is 69.6 Å². The third kappa shape index (κ3) is 8.13. The van der Waals surface area contributed by atoms with Gasteiger partial charge in [0.1, 0.15) is 0 Å². The molecule has 0 amide bonds. The van der Waals surface area contributed by atoms with E-state index >= 15 is 0 Å². The van der Waals surface area contributed by atoms with Crippen molar-refractivity contribution in [2.75, 3.05) is 6.61 Å². The van der Waals surface area contributed by atoms with Gasteiger partial charge in [0.2, 0.25) is 0 Å². The predicted molar refractivity (Wildman–Crippen MR) is 90.1 cm³/mol. The van der Waals surface area contributed by atoms with Gasteiger partial charge >= 0.3 is 0 Å². The first-order valence-electron chi connectivity index (χ1n) is 8.59. The van der Waals surface area contributed by atoms with Crippen LogP contribution in [0.1, 0.15) is 69.8 Å². The molecule has 0 unspecified atom stereocenters. The molecule has 0 saturated heterocycles. The maximum atomic E-state index is 10.9. The van der Waals surface area contributed by atoms with E-state index in [9.17, 15) is 10.1 Å². The van der Waals surface area contributed by atoms with Crippen molar-refractivity contribution in [3.63, 3.8) is 0 Å². The van der Waals surface area contributed by atoms with E-state index in [2.05, 4.69) is 0 Å². The van der Waals surface area contributed by atoms with Gasteiger partial charge in [0.15, 0.2) is 0 Å². The predicted octanol–water partition coefficient (Wildman–Crippen LogP) is 5.03. The van der Waals surface area contributed by atoms with Crippen molar-refractivity contribution in [3.05, 3.63) is 39.9 Å². The number of nitro groups is 1. The molecule has 0 aliphatic carbocycles. The summed E-state index contributed by atoms with van der Waals surface area (Å²) >= 11 is 0. The number of aryl methyl sites for hydroxylation is 1. The molecule has 0 saturated carbocycles. The summed E-state index contributed by atoms with van der Waals surface area (Å²) in [6, 6.07) is 7.05. The molecule has 0 radical (unpaired) electrons. The van der Waals surface area contributed by atoms with E-state index in [4.69, 9.17) is 5.11 Å². The Balaban J connectivity index is 2.01. The standard InChI is InChI=1S/C18H29NO3/c20-16-12-8-6-4-2-1-3-5-7-9-13-17-14-10-11-15-18(17)19(21)22/h10-11,14-15,20H,1-9,12-13,16H2. The summed E-state index contributed by atoms with van der Waals surface area (Å²) in [6.07, 6.45) is 12.6. The molecule has 0 heterocycles. The van der Waals surface area contributed by atoms with Crippen LogP contribution in [0.5, 0.6) is 0 Å². The van der Waals surface area contributed by atoms with Crippen molar-refractivity contribution in [1.29, 1.82) is 0 Å². The molecule has 0 bridgehead atoms. The molecule has 1 N–H and O–H groups in total. The van der Waals surface area contributed by atoms with Gasteiger partial charge in [0.05, 0.1) is 4.92 Å². The van der Waals surface area contributed by atoms with Gasteiger partial charge in [-0.2, -0.15) is 0 Å². The Morgan fingerprint density at radius 1 is 0.818 bits per heavy atom. The fourth-order valence-corrected chi connectivity index (χ4v) is 2.74. The average Bonchev–Trinajstić information content (AvgIpc) is 2.53. The van der Waals surface area contributed by atoms with Crippen LogP contribution in [-0.2, 0) is 6.42 Å². The molecule has 22 heavy (non-hydrogen) atoms. The zero-order valence-electron chi connectivity index (χ0n) is 13.5. The Bertz CT molecular complexity index is 421. The number of aliphatic hydroxyl groups is 1. The highest BCUT2D eigenvalue weighted by atomic mass is 16.6. The van der Waals surface area contributed by atoms with Crippen molar-refractivity contribution >= 4 is 5.69 Å². The first-order chi connectivity index (χ1) is 10.8. The maximum Gasteiger partial charge on any atom is 0.272 e. The highest BCUT2D eigenvalue weighted by Crippen LogP contribution is 2.20. The quantitative estimate of drug-likeness (QED) is 0.316. The number of para-hydroxylation sites is 1. The minimum absolute atomic E-state index is 0.255. The molecule has 0 aromatic heterocycles. The zero-order chi connectivity index (χ0) is 16.0. The average molecular weight is 307 g/mol. The van der Waals surface area contributed by atoms with Gasteiger partial charge < -0.3 is 5.11 Å². The van der Waals surface area contributed by atoms with Crippen LogP contribution in [0.3, 0.4) is 0 Å². The first-order valence-corrected chi connectivity index (χ1v) is 8.59. The first kappa shape index (κ1) is 18.6. The summed E-state index contributed by atoms with van der Waals surface area (Å²) in [5, 5.41) is 19.6. The third-order valence-electron chi connectivity index (χ3n) is 4.04. The molecule has 1 aromatic rings. The largest absolute Gasteiger partial charge is 0.396 e. The summed E-state index contributed by atoms with van der Waals surface area (Å²) in [7, 11) is 0. The fourth-order valence-electron chi connectivity index (χ4n) is 2.74. The SMILES string of the molecule is O=[N+]([O-])c1ccccc1CCCCCCCCCCCCO. The van der Waals surface area contributed by atoms with Crippen LogP contribution < -0.4 is 0 Å². The number of benzene rings is 1. The van der Waals surface area contributed by atoms with E-state index in [1.54, 1.807) is 12.1 Å².